The highest BCUT2D eigenvalue weighted by Crippen LogP contribution is 2.30. The number of fused-ring (bicyclic) bond motifs is 2. The third-order valence-corrected chi connectivity index (χ3v) is 6.00. The highest BCUT2D eigenvalue weighted by atomic mass is 32.1. The molecule has 5 heteroatoms. The van der Waals surface area contributed by atoms with Gasteiger partial charge in [0.2, 0.25) is 0 Å². The van der Waals surface area contributed by atoms with Crippen LogP contribution in [0, 0.1) is 0 Å². The van der Waals surface area contributed by atoms with E-state index >= 15 is 0 Å². The van der Waals surface area contributed by atoms with E-state index < -0.39 is 6.10 Å². The Hall–Kier alpha value is -1.72. The van der Waals surface area contributed by atoms with Gasteiger partial charge in [-0.1, -0.05) is 24.3 Å². The van der Waals surface area contributed by atoms with Crippen LogP contribution in [0.15, 0.2) is 24.3 Å². The summed E-state index contributed by atoms with van der Waals surface area (Å²) in [4.78, 5) is 20.8. The smallest absolute Gasteiger partial charge is 0.256 e. The van der Waals surface area contributed by atoms with Gasteiger partial charge in [-0.2, -0.15) is 0 Å². The molecule has 0 radical (unpaired) electrons. The lowest BCUT2D eigenvalue weighted by Gasteiger charge is -2.28. The van der Waals surface area contributed by atoms with E-state index in [2.05, 4.69) is 6.07 Å². The number of hydrogen-bond donors (Lipinski definition) is 0. The van der Waals surface area contributed by atoms with Gasteiger partial charge in [-0.15, -0.1) is 11.3 Å². The molecule has 4 nitrogen and oxygen atoms in total. The van der Waals surface area contributed by atoms with Gasteiger partial charge in [0, 0.05) is 11.9 Å². The Kier molecular flexibility index (Phi) is 4.37. The maximum absolute atomic E-state index is 12.9. The summed E-state index contributed by atoms with van der Waals surface area (Å²) in [7, 11) is 1.85. The minimum atomic E-state index is -0.477. The molecule has 24 heavy (non-hydrogen) atoms. The molecule has 0 saturated heterocycles. The zero-order chi connectivity index (χ0) is 16.5. The number of carbonyl (C=O) groups is 1. The molecular weight excluding hydrogens is 320 g/mol. The van der Waals surface area contributed by atoms with Gasteiger partial charge in [0.05, 0.1) is 18.8 Å². The fourth-order valence-electron chi connectivity index (χ4n) is 3.55. The molecule has 1 unspecified atom stereocenters. The monoisotopic (exact) mass is 342 g/mol. The Balaban J connectivity index is 1.49. The number of carbonyl (C=O) groups excluding carboxylic acids is 1. The summed E-state index contributed by atoms with van der Waals surface area (Å²) in [5, 5.41) is 1.04. The maximum atomic E-state index is 12.9. The van der Waals surface area contributed by atoms with Crippen molar-refractivity contribution in [2.45, 2.75) is 44.8 Å². The van der Waals surface area contributed by atoms with Crippen molar-refractivity contribution in [2.75, 3.05) is 13.7 Å². The largest absolute Gasteiger partial charge is 0.363 e. The first-order valence-electron chi connectivity index (χ1n) is 8.64. The lowest BCUT2D eigenvalue weighted by molar-refractivity contribution is -0.144. The second-order valence-electron chi connectivity index (χ2n) is 6.58. The van der Waals surface area contributed by atoms with Crippen LogP contribution < -0.4 is 0 Å². The molecule has 1 amide bonds. The normalized spacial score (nSPS) is 19.5. The van der Waals surface area contributed by atoms with Crippen molar-refractivity contribution in [1.82, 2.24) is 9.88 Å². The summed E-state index contributed by atoms with van der Waals surface area (Å²) in [5.41, 5.74) is 3.49. The zero-order valence-electron chi connectivity index (χ0n) is 14.0. The molecule has 1 atom stereocenters. The third-order valence-electron chi connectivity index (χ3n) is 4.86. The first kappa shape index (κ1) is 15.8. The quantitative estimate of drug-likeness (QED) is 0.859. The molecule has 0 saturated carbocycles. The molecule has 2 aromatic rings. The molecule has 0 N–H and O–H groups in total. The van der Waals surface area contributed by atoms with Gasteiger partial charge >= 0.3 is 0 Å². The van der Waals surface area contributed by atoms with Crippen LogP contribution >= 0.6 is 11.3 Å². The van der Waals surface area contributed by atoms with Crippen molar-refractivity contribution in [3.63, 3.8) is 0 Å². The average molecular weight is 342 g/mol. The molecule has 0 bridgehead atoms. The first-order valence-corrected chi connectivity index (χ1v) is 9.46. The predicted molar refractivity (Wildman–Crippen MR) is 94.1 cm³/mol. The van der Waals surface area contributed by atoms with Gasteiger partial charge in [0.15, 0.2) is 6.10 Å². The van der Waals surface area contributed by atoms with E-state index in [-0.39, 0.29) is 5.91 Å². The number of rotatable bonds is 3. The number of nitrogens with zero attached hydrogens (tertiary/aromatic N) is 2. The number of aromatic nitrogens is 1. The highest BCUT2D eigenvalue weighted by Gasteiger charge is 2.30. The minimum absolute atomic E-state index is 0.0234. The number of thiazole rings is 1. The van der Waals surface area contributed by atoms with E-state index in [9.17, 15) is 4.79 Å². The molecule has 0 spiro atoms. The van der Waals surface area contributed by atoms with Crippen LogP contribution in [-0.2, 0) is 35.3 Å². The van der Waals surface area contributed by atoms with E-state index in [0.29, 0.717) is 13.2 Å². The molecule has 1 aromatic carbocycles. The Morgan fingerprint density at radius 1 is 1.29 bits per heavy atom. The first-order chi connectivity index (χ1) is 11.7. The van der Waals surface area contributed by atoms with E-state index in [1.165, 1.54) is 29.0 Å². The van der Waals surface area contributed by atoms with E-state index in [0.717, 1.165) is 29.8 Å². The fraction of sp³-hybridized carbons (Fsp3) is 0.474. The van der Waals surface area contributed by atoms with Crippen molar-refractivity contribution in [2.24, 2.45) is 0 Å². The van der Waals surface area contributed by atoms with Gasteiger partial charge in [-0.25, -0.2) is 4.98 Å². The van der Waals surface area contributed by atoms with Crippen molar-refractivity contribution >= 4 is 17.2 Å². The lowest BCUT2D eigenvalue weighted by atomic mass is 9.97. The van der Waals surface area contributed by atoms with Gasteiger partial charge < -0.3 is 9.64 Å². The van der Waals surface area contributed by atoms with Gasteiger partial charge in [0.1, 0.15) is 5.01 Å². The standard InChI is InChI=1S/C19H22N2O2S/c1-21(12-17-20-15-8-4-5-9-16(15)24-17)19(22)18-14-7-3-2-6-13(14)10-11-23-18/h2-3,6-7,18H,4-5,8-12H2,1H3. The molecule has 2 aliphatic rings. The molecule has 1 aromatic heterocycles. The van der Waals surface area contributed by atoms with Crippen LogP contribution in [0.5, 0.6) is 0 Å². The van der Waals surface area contributed by atoms with Crippen LogP contribution in [0.4, 0.5) is 0 Å². The highest BCUT2D eigenvalue weighted by molar-refractivity contribution is 7.11. The number of ether oxygens (including phenoxy) is 1. The number of hydrogen-bond acceptors (Lipinski definition) is 4. The van der Waals surface area contributed by atoms with E-state index in [4.69, 9.17) is 9.72 Å². The number of benzene rings is 1. The Morgan fingerprint density at radius 2 is 2.12 bits per heavy atom. The Morgan fingerprint density at radius 3 is 3.00 bits per heavy atom. The molecular formula is C19H22N2O2S. The summed E-state index contributed by atoms with van der Waals surface area (Å²) >= 11 is 1.77. The lowest BCUT2D eigenvalue weighted by Crippen LogP contribution is -2.35. The van der Waals surface area contributed by atoms with Crippen LogP contribution in [0.2, 0.25) is 0 Å². The van der Waals surface area contributed by atoms with Crippen LogP contribution in [-0.4, -0.2) is 29.4 Å². The summed E-state index contributed by atoms with van der Waals surface area (Å²) < 4.78 is 5.80. The van der Waals surface area contributed by atoms with Crippen LogP contribution in [0.25, 0.3) is 0 Å². The second kappa shape index (κ2) is 6.65. The Bertz CT molecular complexity index is 732. The van der Waals surface area contributed by atoms with Crippen LogP contribution in [0.1, 0.15) is 45.7 Å². The molecule has 2 heterocycles. The summed E-state index contributed by atoms with van der Waals surface area (Å²) in [6.45, 7) is 1.17. The van der Waals surface area contributed by atoms with Crippen molar-refractivity contribution in [1.29, 1.82) is 0 Å². The summed E-state index contributed by atoms with van der Waals surface area (Å²) in [6.07, 6.45) is 5.12. The topological polar surface area (TPSA) is 42.4 Å². The molecule has 4 rings (SSSR count). The minimum Gasteiger partial charge on any atom is -0.363 e. The third kappa shape index (κ3) is 2.98. The zero-order valence-corrected chi connectivity index (χ0v) is 14.8. The number of amides is 1. The molecule has 1 aliphatic heterocycles. The van der Waals surface area contributed by atoms with Crippen molar-refractivity contribution in [3.8, 4) is 0 Å². The van der Waals surface area contributed by atoms with Crippen molar-refractivity contribution < 1.29 is 9.53 Å². The fourth-order valence-corrected chi connectivity index (χ4v) is 4.76. The molecule has 126 valence electrons. The Labute approximate surface area is 146 Å². The molecule has 1 aliphatic carbocycles. The van der Waals surface area contributed by atoms with Gasteiger partial charge in [0.25, 0.3) is 5.91 Å². The van der Waals surface area contributed by atoms with E-state index in [1.807, 2.05) is 25.2 Å². The SMILES string of the molecule is CN(Cc1nc2c(s1)CCCC2)C(=O)C1OCCc2ccccc21. The average Bonchev–Trinajstić information content (AvgIpc) is 3.02. The van der Waals surface area contributed by atoms with Gasteiger partial charge in [-0.3, -0.25) is 4.79 Å². The molecule has 0 fully saturated rings. The predicted octanol–water partition coefficient (Wildman–Crippen LogP) is 3.29. The van der Waals surface area contributed by atoms with E-state index in [1.54, 1.807) is 16.2 Å². The summed E-state index contributed by atoms with van der Waals surface area (Å²) in [5.74, 6) is 0.0234. The summed E-state index contributed by atoms with van der Waals surface area (Å²) in [6, 6.07) is 8.10. The second-order valence-corrected chi connectivity index (χ2v) is 7.75. The maximum Gasteiger partial charge on any atom is 0.256 e. The van der Waals surface area contributed by atoms with Gasteiger partial charge in [-0.05, 0) is 43.2 Å². The number of aryl methyl sites for hydroxylation is 2. The van der Waals surface area contributed by atoms with Crippen LogP contribution in [0.3, 0.4) is 0 Å². The van der Waals surface area contributed by atoms with Crippen molar-refractivity contribution in [3.05, 3.63) is 51.0 Å². The number of likely N-dealkylation sites (N-methyl/N-ethyl adjacent to an activating group) is 1.